The average Bonchev–Trinajstić information content (AvgIpc) is 2.82. The van der Waals surface area contributed by atoms with Gasteiger partial charge in [-0.25, -0.2) is 0 Å². The summed E-state index contributed by atoms with van der Waals surface area (Å²) in [6.45, 7) is 2.05. The Morgan fingerprint density at radius 2 is 1.54 bits per heavy atom. The number of rotatable bonds is 6. The summed E-state index contributed by atoms with van der Waals surface area (Å²) in [6.07, 6.45) is 0.746. The van der Waals surface area contributed by atoms with Gasteiger partial charge in [0.2, 0.25) is 0 Å². The van der Waals surface area contributed by atoms with Gasteiger partial charge in [-0.05, 0) is 49.8 Å². The van der Waals surface area contributed by atoms with E-state index >= 15 is 0 Å². The van der Waals surface area contributed by atoms with Crippen LogP contribution in [0, 0.1) is 0 Å². The molecule has 0 radical (unpaired) electrons. The van der Waals surface area contributed by atoms with E-state index in [0.29, 0.717) is 17.7 Å². The SMILES string of the molecule is CN(CCCN1C(=O)c2ccccc2C1=O)Cc1ccc(Cl)cc1. The normalized spacial score (nSPS) is 13.7. The first-order valence-corrected chi connectivity index (χ1v) is 8.32. The van der Waals surface area contributed by atoms with Gasteiger partial charge >= 0.3 is 0 Å². The molecule has 5 heteroatoms. The molecule has 4 nitrogen and oxygen atoms in total. The van der Waals surface area contributed by atoms with E-state index in [2.05, 4.69) is 4.90 Å². The molecule has 2 amide bonds. The maximum Gasteiger partial charge on any atom is 0.261 e. The minimum absolute atomic E-state index is 0.184. The Labute approximate surface area is 146 Å². The van der Waals surface area contributed by atoms with Gasteiger partial charge in [0.15, 0.2) is 0 Å². The van der Waals surface area contributed by atoms with Gasteiger partial charge < -0.3 is 4.90 Å². The Morgan fingerprint density at radius 1 is 0.958 bits per heavy atom. The van der Waals surface area contributed by atoms with Crippen molar-refractivity contribution in [1.29, 1.82) is 0 Å². The van der Waals surface area contributed by atoms with Crippen LogP contribution in [0.15, 0.2) is 48.5 Å². The van der Waals surface area contributed by atoms with E-state index < -0.39 is 0 Å². The van der Waals surface area contributed by atoms with Gasteiger partial charge in [0.05, 0.1) is 11.1 Å². The molecule has 0 unspecified atom stereocenters. The lowest BCUT2D eigenvalue weighted by molar-refractivity contribution is 0.0648. The zero-order valence-corrected chi connectivity index (χ0v) is 14.3. The summed E-state index contributed by atoms with van der Waals surface area (Å²) in [4.78, 5) is 28.1. The highest BCUT2D eigenvalue weighted by atomic mass is 35.5. The molecule has 0 aliphatic carbocycles. The minimum atomic E-state index is -0.184. The summed E-state index contributed by atoms with van der Waals surface area (Å²) < 4.78 is 0. The summed E-state index contributed by atoms with van der Waals surface area (Å²) in [7, 11) is 2.02. The maximum atomic E-state index is 12.3. The number of amides is 2. The summed E-state index contributed by atoms with van der Waals surface area (Å²) in [5.74, 6) is -0.369. The first-order valence-electron chi connectivity index (χ1n) is 7.94. The molecule has 1 aliphatic rings. The lowest BCUT2D eigenvalue weighted by Gasteiger charge is -2.19. The van der Waals surface area contributed by atoms with Gasteiger partial charge in [-0.1, -0.05) is 35.9 Å². The molecule has 0 spiro atoms. The van der Waals surface area contributed by atoms with Crippen LogP contribution in [0.1, 0.15) is 32.7 Å². The summed E-state index contributed by atoms with van der Waals surface area (Å²) in [5, 5.41) is 0.729. The van der Waals surface area contributed by atoms with Crippen LogP contribution in [0.25, 0.3) is 0 Å². The number of carbonyl (C=O) groups is 2. The molecule has 0 bridgehead atoms. The van der Waals surface area contributed by atoms with Crippen molar-refractivity contribution in [2.45, 2.75) is 13.0 Å². The zero-order valence-electron chi connectivity index (χ0n) is 13.5. The summed E-state index contributed by atoms with van der Waals surface area (Å²) in [5.41, 5.74) is 2.21. The highest BCUT2D eigenvalue weighted by molar-refractivity contribution is 6.30. The zero-order chi connectivity index (χ0) is 17.1. The first kappa shape index (κ1) is 16.7. The van der Waals surface area contributed by atoms with Crippen molar-refractivity contribution in [1.82, 2.24) is 9.80 Å². The Bertz CT molecular complexity index is 723. The average molecular weight is 343 g/mol. The van der Waals surface area contributed by atoms with Crippen molar-refractivity contribution < 1.29 is 9.59 Å². The Hall–Kier alpha value is -2.17. The van der Waals surface area contributed by atoms with Crippen molar-refractivity contribution >= 4 is 23.4 Å². The maximum absolute atomic E-state index is 12.3. The topological polar surface area (TPSA) is 40.6 Å². The lowest BCUT2D eigenvalue weighted by Crippen LogP contribution is -2.32. The molecular formula is C19H19ClN2O2. The van der Waals surface area contributed by atoms with Crippen molar-refractivity contribution in [3.63, 3.8) is 0 Å². The standard InChI is InChI=1S/C19H19ClN2O2/c1-21(13-14-7-9-15(20)10-8-14)11-4-12-22-18(23)16-5-2-3-6-17(16)19(22)24/h2-3,5-10H,4,11-13H2,1H3. The molecule has 1 aliphatic heterocycles. The molecular weight excluding hydrogens is 324 g/mol. The number of benzene rings is 2. The van der Waals surface area contributed by atoms with E-state index in [4.69, 9.17) is 11.6 Å². The predicted octanol–water partition coefficient (Wildman–Crippen LogP) is 3.46. The Morgan fingerprint density at radius 3 is 2.12 bits per heavy atom. The fraction of sp³-hybridized carbons (Fsp3) is 0.263. The van der Waals surface area contributed by atoms with Crippen LogP contribution in [0.5, 0.6) is 0 Å². The van der Waals surface area contributed by atoms with E-state index in [0.717, 1.165) is 24.5 Å². The van der Waals surface area contributed by atoms with Crippen LogP contribution in [0.3, 0.4) is 0 Å². The second-order valence-corrected chi connectivity index (χ2v) is 6.46. The van der Waals surface area contributed by atoms with E-state index in [1.807, 2.05) is 31.3 Å². The fourth-order valence-electron chi connectivity index (χ4n) is 2.92. The van der Waals surface area contributed by atoms with Gasteiger partial charge in [-0.3, -0.25) is 14.5 Å². The number of nitrogens with zero attached hydrogens (tertiary/aromatic N) is 2. The molecule has 1 heterocycles. The number of carbonyl (C=O) groups excluding carboxylic acids is 2. The van der Waals surface area contributed by atoms with Crippen LogP contribution in [0.4, 0.5) is 0 Å². The molecule has 0 fully saturated rings. The van der Waals surface area contributed by atoms with Crippen molar-refractivity contribution in [2.24, 2.45) is 0 Å². The van der Waals surface area contributed by atoms with Crippen molar-refractivity contribution in [2.75, 3.05) is 20.1 Å². The molecule has 0 saturated carbocycles. The van der Waals surface area contributed by atoms with E-state index in [1.165, 1.54) is 10.5 Å². The third-order valence-corrected chi connectivity index (χ3v) is 4.42. The van der Waals surface area contributed by atoms with Gasteiger partial charge in [-0.15, -0.1) is 0 Å². The third kappa shape index (κ3) is 3.50. The fourth-order valence-corrected chi connectivity index (χ4v) is 3.05. The smallest absolute Gasteiger partial charge is 0.261 e. The van der Waals surface area contributed by atoms with Gasteiger partial charge in [0.25, 0.3) is 11.8 Å². The molecule has 0 aromatic heterocycles. The number of imide groups is 1. The van der Waals surface area contributed by atoms with Crippen LogP contribution < -0.4 is 0 Å². The van der Waals surface area contributed by atoms with Gasteiger partial charge in [-0.2, -0.15) is 0 Å². The summed E-state index contributed by atoms with van der Waals surface area (Å²) in [6, 6.07) is 14.8. The largest absolute Gasteiger partial charge is 0.302 e. The van der Waals surface area contributed by atoms with Crippen LogP contribution in [0.2, 0.25) is 5.02 Å². The highest BCUT2D eigenvalue weighted by Gasteiger charge is 2.34. The second-order valence-electron chi connectivity index (χ2n) is 6.03. The quantitative estimate of drug-likeness (QED) is 0.755. The van der Waals surface area contributed by atoms with Crippen LogP contribution in [-0.4, -0.2) is 41.8 Å². The molecule has 0 saturated heterocycles. The number of hydrogen-bond donors (Lipinski definition) is 0. The van der Waals surface area contributed by atoms with E-state index in [-0.39, 0.29) is 11.8 Å². The number of fused-ring (bicyclic) bond motifs is 1. The van der Waals surface area contributed by atoms with Crippen LogP contribution >= 0.6 is 11.6 Å². The lowest BCUT2D eigenvalue weighted by atomic mass is 10.1. The predicted molar refractivity (Wildman–Crippen MR) is 94.2 cm³/mol. The Balaban J connectivity index is 1.51. The van der Waals surface area contributed by atoms with Crippen LogP contribution in [-0.2, 0) is 6.54 Å². The molecule has 0 atom stereocenters. The number of hydrogen-bond acceptors (Lipinski definition) is 3. The van der Waals surface area contributed by atoms with Gasteiger partial charge in [0.1, 0.15) is 0 Å². The van der Waals surface area contributed by atoms with E-state index in [9.17, 15) is 9.59 Å². The Kier molecular flexibility index (Phi) is 4.97. The van der Waals surface area contributed by atoms with Crippen molar-refractivity contribution in [3.8, 4) is 0 Å². The molecule has 2 aromatic rings. The molecule has 124 valence electrons. The molecule has 3 rings (SSSR count). The van der Waals surface area contributed by atoms with Gasteiger partial charge in [0, 0.05) is 18.1 Å². The minimum Gasteiger partial charge on any atom is -0.302 e. The first-order chi connectivity index (χ1) is 11.6. The third-order valence-electron chi connectivity index (χ3n) is 4.17. The molecule has 0 N–H and O–H groups in total. The summed E-state index contributed by atoms with van der Waals surface area (Å²) >= 11 is 5.89. The number of halogens is 1. The highest BCUT2D eigenvalue weighted by Crippen LogP contribution is 2.22. The monoisotopic (exact) mass is 342 g/mol. The molecule has 2 aromatic carbocycles. The molecule has 24 heavy (non-hydrogen) atoms. The van der Waals surface area contributed by atoms with Crippen molar-refractivity contribution in [3.05, 3.63) is 70.2 Å². The van der Waals surface area contributed by atoms with E-state index in [1.54, 1.807) is 24.3 Å². The second kappa shape index (κ2) is 7.16.